The molecule has 25 heavy (non-hydrogen) atoms. The Morgan fingerprint density at radius 2 is 1.88 bits per heavy atom. The van der Waals surface area contributed by atoms with Gasteiger partial charge in [0.15, 0.2) is 0 Å². The van der Waals surface area contributed by atoms with Crippen molar-refractivity contribution in [2.75, 3.05) is 6.54 Å². The molecule has 8 heteroatoms. The maximum atomic E-state index is 11.8. The molecule has 1 aromatic heterocycles. The SMILES string of the molecule is O=C(CCN1C(=O)CCC1=O)OCc1csc(-c2ccc(Cl)cc2)n1. The lowest BCUT2D eigenvalue weighted by molar-refractivity contribution is -0.146. The van der Waals surface area contributed by atoms with E-state index in [1.807, 2.05) is 17.5 Å². The van der Waals surface area contributed by atoms with Gasteiger partial charge in [-0.05, 0) is 12.1 Å². The van der Waals surface area contributed by atoms with Gasteiger partial charge in [-0.3, -0.25) is 19.3 Å². The van der Waals surface area contributed by atoms with Crippen molar-refractivity contribution in [2.45, 2.75) is 25.9 Å². The van der Waals surface area contributed by atoms with Gasteiger partial charge in [0.2, 0.25) is 11.8 Å². The lowest BCUT2D eigenvalue weighted by Gasteiger charge is -2.12. The van der Waals surface area contributed by atoms with Crippen LogP contribution < -0.4 is 0 Å². The molecule has 0 bridgehead atoms. The van der Waals surface area contributed by atoms with Gasteiger partial charge in [-0.15, -0.1) is 11.3 Å². The minimum absolute atomic E-state index is 0.00828. The van der Waals surface area contributed by atoms with Crippen LogP contribution in [0, 0.1) is 0 Å². The van der Waals surface area contributed by atoms with Gasteiger partial charge in [0.25, 0.3) is 0 Å². The van der Waals surface area contributed by atoms with Crippen LogP contribution in [0.1, 0.15) is 25.0 Å². The van der Waals surface area contributed by atoms with E-state index in [0.717, 1.165) is 15.5 Å². The largest absolute Gasteiger partial charge is 0.459 e. The van der Waals surface area contributed by atoms with Crippen molar-refractivity contribution < 1.29 is 19.1 Å². The average molecular weight is 379 g/mol. The number of carbonyl (C=O) groups is 3. The van der Waals surface area contributed by atoms with Crippen LogP contribution in [0.25, 0.3) is 10.6 Å². The van der Waals surface area contributed by atoms with E-state index in [1.165, 1.54) is 11.3 Å². The first-order valence-corrected chi connectivity index (χ1v) is 8.98. The van der Waals surface area contributed by atoms with Gasteiger partial charge >= 0.3 is 5.97 Å². The molecule has 0 spiro atoms. The summed E-state index contributed by atoms with van der Waals surface area (Å²) < 4.78 is 5.16. The van der Waals surface area contributed by atoms with Crippen LogP contribution in [0.15, 0.2) is 29.6 Å². The van der Waals surface area contributed by atoms with Gasteiger partial charge in [-0.2, -0.15) is 0 Å². The van der Waals surface area contributed by atoms with Crippen LogP contribution in [-0.4, -0.2) is 34.2 Å². The molecule has 1 saturated heterocycles. The second-order valence-electron chi connectivity index (χ2n) is 5.50. The summed E-state index contributed by atoms with van der Waals surface area (Å²) in [4.78, 5) is 40.3. The van der Waals surface area contributed by atoms with E-state index in [-0.39, 0.29) is 44.2 Å². The number of benzene rings is 1. The summed E-state index contributed by atoms with van der Waals surface area (Å²) >= 11 is 7.32. The number of hydrogen-bond donors (Lipinski definition) is 0. The lowest BCUT2D eigenvalue weighted by Crippen LogP contribution is -2.31. The number of esters is 1. The summed E-state index contributed by atoms with van der Waals surface area (Å²) in [6.45, 7) is 0.133. The topological polar surface area (TPSA) is 76.6 Å². The number of aromatic nitrogens is 1. The predicted octanol–water partition coefficient (Wildman–Crippen LogP) is 3.05. The number of amides is 2. The first-order valence-electron chi connectivity index (χ1n) is 7.72. The molecule has 1 aliphatic rings. The summed E-state index contributed by atoms with van der Waals surface area (Å²) in [6.07, 6.45) is 0.437. The summed E-state index contributed by atoms with van der Waals surface area (Å²) in [7, 11) is 0. The number of likely N-dealkylation sites (tertiary alicyclic amines) is 1. The van der Waals surface area contributed by atoms with Crippen LogP contribution in [-0.2, 0) is 25.7 Å². The van der Waals surface area contributed by atoms with Gasteiger partial charge in [0.05, 0.1) is 12.1 Å². The summed E-state index contributed by atoms with van der Waals surface area (Å²) in [5.41, 5.74) is 1.59. The zero-order valence-electron chi connectivity index (χ0n) is 13.2. The van der Waals surface area contributed by atoms with Crippen LogP contribution in [0.5, 0.6) is 0 Å². The fourth-order valence-electron chi connectivity index (χ4n) is 2.40. The van der Waals surface area contributed by atoms with E-state index < -0.39 is 5.97 Å². The Hall–Kier alpha value is -2.25. The van der Waals surface area contributed by atoms with Crippen LogP contribution in [0.2, 0.25) is 5.02 Å². The van der Waals surface area contributed by atoms with E-state index in [1.54, 1.807) is 12.1 Å². The molecule has 0 aliphatic carbocycles. The summed E-state index contributed by atoms with van der Waals surface area (Å²) in [5.74, 6) is -0.927. The number of rotatable bonds is 6. The maximum Gasteiger partial charge on any atom is 0.307 e. The van der Waals surface area contributed by atoms with E-state index in [2.05, 4.69) is 4.98 Å². The number of nitrogens with zero attached hydrogens (tertiary/aromatic N) is 2. The van der Waals surface area contributed by atoms with Crippen molar-refractivity contribution >= 4 is 40.7 Å². The molecule has 0 saturated carbocycles. The molecule has 0 unspecified atom stereocenters. The third-order valence-electron chi connectivity index (χ3n) is 3.72. The van der Waals surface area contributed by atoms with Crippen LogP contribution >= 0.6 is 22.9 Å². The van der Waals surface area contributed by atoms with Gasteiger partial charge in [0, 0.05) is 35.4 Å². The van der Waals surface area contributed by atoms with E-state index in [4.69, 9.17) is 16.3 Å². The molecule has 0 N–H and O–H groups in total. The van der Waals surface area contributed by atoms with E-state index >= 15 is 0 Å². The van der Waals surface area contributed by atoms with Crippen molar-refractivity contribution in [3.05, 3.63) is 40.4 Å². The highest BCUT2D eigenvalue weighted by Gasteiger charge is 2.28. The minimum Gasteiger partial charge on any atom is -0.459 e. The lowest BCUT2D eigenvalue weighted by atomic mass is 10.2. The number of hydrogen-bond acceptors (Lipinski definition) is 6. The van der Waals surface area contributed by atoms with Gasteiger partial charge < -0.3 is 4.74 Å². The quantitative estimate of drug-likeness (QED) is 0.570. The Kier molecular flexibility index (Phi) is 5.45. The Labute approximate surface area is 153 Å². The molecule has 130 valence electrons. The summed E-state index contributed by atoms with van der Waals surface area (Å²) in [6, 6.07) is 7.33. The Balaban J connectivity index is 1.48. The fraction of sp³-hybridized carbons (Fsp3) is 0.294. The van der Waals surface area contributed by atoms with E-state index in [0.29, 0.717) is 10.7 Å². The number of imide groups is 1. The third kappa shape index (κ3) is 4.43. The second kappa shape index (κ2) is 7.76. The monoisotopic (exact) mass is 378 g/mol. The highest BCUT2D eigenvalue weighted by atomic mass is 35.5. The maximum absolute atomic E-state index is 11.8. The molecule has 0 atom stereocenters. The Morgan fingerprint density at radius 3 is 2.56 bits per heavy atom. The molecular formula is C17H15ClN2O4S. The first-order chi connectivity index (χ1) is 12.0. The van der Waals surface area contributed by atoms with Crippen molar-refractivity contribution in [1.29, 1.82) is 0 Å². The molecule has 1 aliphatic heterocycles. The third-order valence-corrected chi connectivity index (χ3v) is 4.91. The van der Waals surface area contributed by atoms with Crippen LogP contribution in [0.4, 0.5) is 0 Å². The molecule has 2 amide bonds. The van der Waals surface area contributed by atoms with Crippen molar-refractivity contribution in [1.82, 2.24) is 9.88 Å². The summed E-state index contributed by atoms with van der Waals surface area (Å²) in [5, 5.41) is 3.30. The first kappa shape index (κ1) is 17.6. The molecule has 3 rings (SSSR count). The average Bonchev–Trinajstić information content (AvgIpc) is 3.19. The highest BCUT2D eigenvalue weighted by molar-refractivity contribution is 7.13. The normalized spacial score (nSPS) is 14.2. The molecule has 0 radical (unpaired) electrons. The van der Waals surface area contributed by atoms with E-state index in [9.17, 15) is 14.4 Å². The van der Waals surface area contributed by atoms with Gasteiger partial charge in [-0.25, -0.2) is 4.98 Å². The fourth-order valence-corrected chi connectivity index (χ4v) is 3.34. The Morgan fingerprint density at radius 1 is 1.20 bits per heavy atom. The zero-order valence-corrected chi connectivity index (χ0v) is 14.8. The van der Waals surface area contributed by atoms with Crippen molar-refractivity contribution in [3.8, 4) is 10.6 Å². The predicted molar refractivity (Wildman–Crippen MR) is 92.9 cm³/mol. The Bertz CT molecular complexity index is 787. The smallest absolute Gasteiger partial charge is 0.307 e. The number of ether oxygens (including phenoxy) is 1. The molecule has 6 nitrogen and oxygen atoms in total. The molecule has 1 aromatic carbocycles. The number of thiazole rings is 1. The standard InChI is InChI=1S/C17H15ClN2O4S/c18-12-3-1-11(2-4-12)17-19-13(10-25-17)9-24-16(23)7-8-20-14(21)5-6-15(20)22/h1-4,10H,5-9H2. The molecule has 2 heterocycles. The minimum atomic E-state index is -0.464. The molecule has 1 fully saturated rings. The number of halogens is 1. The molecule has 2 aromatic rings. The van der Waals surface area contributed by atoms with Crippen molar-refractivity contribution in [2.24, 2.45) is 0 Å². The highest BCUT2D eigenvalue weighted by Crippen LogP contribution is 2.25. The molecular weight excluding hydrogens is 364 g/mol. The van der Waals surface area contributed by atoms with Gasteiger partial charge in [-0.1, -0.05) is 23.7 Å². The van der Waals surface area contributed by atoms with Gasteiger partial charge in [0.1, 0.15) is 11.6 Å². The second-order valence-corrected chi connectivity index (χ2v) is 6.80. The van der Waals surface area contributed by atoms with Crippen LogP contribution in [0.3, 0.4) is 0 Å². The number of carbonyl (C=O) groups excluding carboxylic acids is 3. The zero-order chi connectivity index (χ0) is 17.8. The van der Waals surface area contributed by atoms with Crippen molar-refractivity contribution in [3.63, 3.8) is 0 Å².